The summed E-state index contributed by atoms with van der Waals surface area (Å²) in [6.45, 7) is 1.56. The average molecular weight is 293 g/mol. The van der Waals surface area contributed by atoms with Crippen molar-refractivity contribution in [1.29, 1.82) is 0 Å². The molecule has 0 saturated carbocycles. The van der Waals surface area contributed by atoms with E-state index in [0.29, 0.717) is 17.5 Å². The van der Waals surface area contributed by atoms with Crippen molar-refractivity contribution in [3.05, 3.63) is 22.8 Å². The number of carbonyl (C=O) groups is 1. The normalized spacial score (nSPS) is 22.1. The van der Waals surface area contributed by atoms with Crippen molar-refractivity contribution in [2.24, 2.45) is 0 Å². The van der Waals surface area contributed by atoms with Gasteiger partial charge in [0.15, 0.2) is 5.69 Å². The summed E-state index contributed by atoms with van der Waals surface area (Å²) in [5.74, 6) is 1.62. The van der Waals surface area contributed by atoms with Gasteiger partial charge in [0.25, 0.3) is 0 Å². The van der Waals surface area contributed by atoms with E-state index < -0.39 is 0 Å². The van der Waals surface area contributed by atoms with E-state index >= 15 is 0 Å². The van der Waals surface area contributed by atoms with Gasteiger partial charge in [-0.2, -0.15) is 11.8 Å². The molecular formula is C14H19N3O2S. The van der Waals surface area contributed by atoms with E-state index in [1.807, 2.05) is 11.8 Å². The minimum Gasteiger partial charge on any atom is -0.464 e. The first kappa shape index (κ1) is 13.8. The fourth-order valence-corrected chi connectivity index (χ4v) is 3.96. The molecule has 0 bridgehead atoms. The van der Waals surface area contributed by atoms with E-state index in [9.17, 15) is 4.79 Å². The summed E-state index contributed by atoms with van der Waals surface area (Å²) in [6.07, 6.45) is 4.43. The van der Waals surface area contributed by atoms with E-state index in [0.717, 1.165) is 42.2 Å². The van der Waals surface area contributed by atoms with Crippen molar-refractivity contribution < 1.29 is 9.53 Å². The van der Waals surface area contributed by atoms with Crippen LogP contribution in [-0.2, 0) is 17.7 Å². The third-order valence-electron chi connectivity index (χ3n) is 3.80. The van der Waals surface area contributed by atoms with Crippen LogP contribution < -0.4 is 5.32 Å². The lowest BCUT2D eigenvalue weighted by Crippen LogP contribution is -2.29. The second-order valence-electron chi connectivity index (χ2n) is 5.13. The third kappa shape index (κ3) is 2.67. The number of methoxy groups -OCH3 is 1. The van der Waals surface area contributed by atoms with Gasteiger partial charge in [-0.05, 0) is 18.6 Å². The molecule has 3 rings (SSSR count). The second kappa shape index (κ2) is 6.10. The van der Waals surface area contributed by atoms with E-state index in [-0.39, 0.29) is 5.97 Å². The van der Waals surface area contributed by atoms with Gasteiger partial charge in [0.1, 0.15) is 5.82 Å². The fourth-order valence-electron chi connectivity index (χ4n) is 2.72. The Balaban J connectivity index is 2.00. The number of aromatic nitrogens is 2. The molecule has 20 heavy (non-hydrogen) atoms. The van der Waals surface area contributed by atoms with Crippen LogP contribution in [0.1, 0.15) is 52.1 Å². The molecule has 1 saturated heterocycles. The van der Waals surface area contributed by atoms with Crippen LogP contribution in [0, 0.1) is 0 Å². The molecule has 0 amide bonds. The quantitative estimate of drug-likeness (QED) is 0.840. The van der Waals surface area contributed by atoms with Crippen LogP contribution in [0.2, 0.25) is 0 Å². The van der Waals surface area contributed by atoms with Crippen molar-refractivity contribution in [3.63, 3.8) is 0 Å². The van der Waals surface area contributed by atoms with E-state index in [1.165, 1.54) is 20.0 Å². The molecular weight excluding hydrogens is 274 g/mol. The number of nitrogens with one attached hydrogen (secondary N) is 1. The van der Waals surface area contributed by atoms with Gasteiger partial charge in [-0.3, -0.25) is 0 Å². The van der Waals surface area contributed by atoms with Crippen LogP contribution in [0.5, 0.6) is 0 Å². The highest BCUT2D eigenvalue weighted by Crippen LogP contribution is 2.37. The maximum atomic E-state index is 12.0. The molecule has 2 aliphatic heterocycles. The lowest BCUT2D eigenvalue weighted by atomic mass is 10.0. The summed E-state index contributed by atoms with van der Waals surface area (Å²) in [7, 11) is 1.40. The van der Waals surface area contributed by atoms with Gasteiger partial charge in [-0.15, -0.1) is 0 Å². The molecule has 1 atom stereocenters. The molecule has 6 heteroatoms. The smallest absolute Gasteiger partial charge is 0.357 e. The minimum absolute atomic E-state index is 0.326. The highest BCUT2D eigenvalue weighted by molar-refractivity contribution is 7.99. The van der Waals surface area contributed by atoms with Crippen molar-refractivity contribution in [3.8, 4) is 0 Å². The maximum Gasteiger partial charge on any atom is 0.357 e. The SMILES string of the molecule is COC(=O)c1nc(C2CCCCS2)nc2c1CNCC2. The molecule has 1 aromatic heterocycles. The van der Waals surface area contributed by atoms with Crippen LogP contribution in [0.3, 0.4) is 0 Å². The first-order chi connectivity index (χ1) is 9.79. The van der Waals surface area contributed by atoms with E-state index in [1.54, 1.807) is 0 Å². The van der Waals surface area contributed by atoms with Crippen LogP contribution in [0.15, 0.2) is 0 Å². The number of carbonyl (C=O) groups excluding carboxylic acids is 1. The van der Waals surface area contributed by atoms with Crippen molar-refractivity contribution >= 4 is 17.7 Å². The summed E-state index contributed by atoms with van der Waals surface area (Å²) >= 11 is 1.90. The van der Waals surface area contributed by atoms with Gasteiger partial charge < -0.3 is 10.1 Å². The molecule has 108 valence electrons. The number of hydrogen-bond donors (Lipinski definition) is 1. The Hall–Kier alpha value is -1.14. The monoisotopic (exact) mass is 293 g/mol. The average Bonchev–Trinajstić information content (AvgIpc) is 2.54. The summed E-state index contributed by atoms with van der Waals surface area (Å²) < 4.78 is 4.88. The molecule has 0 spiro atoms. The second-order valence-corrected chi connectivity index (χ2v) is 6.44. The topological polar surface area (TPSA) is 64.1 Å². The predicted molar refractivity (Wildman–Crippen MR) is 77.8 cm³/mol. The van der Waals surface area contributed by atoms with Crippen LogP contribution in [0.4, 0.5) is 0 Å². The first-order valence-electron chi connectivity index (χ1n) is 7.10. The number of thioether (sulfide) groups is 1. The number of nitrogens with zero attached hydrogens (tertiary/aromatic N) is 2. The molecule has 1 N–H and O–H groups in total. The summed E-state index contributed by atoms with van der Waals surface area (Å²) in [6, 6.07) is 0. The lowest BCUT2D eigenvalue weighted by molar-refractivity contribution is 0.0591. The number of hydrogen-bond acceptors (Lipinski definition) is 6. The molecule has 1 fully saturated rings. The van der Waals surface area contributed by atoms with Crippen molar-refractivity contribution in [2.75, 3.05) is 19.4 Å². The lowest BCUT2D eigenvalue weighted by Gasteiger charge is -2.24. The van der Waals surface area contributed by atoms with Gasteiger partial charge in [-0.1, -0.05) is 6.42 Å². The summed E-state index contributed by atoms with van der Waals surface area (Å²) in [5.41, 5.74) is 2.37. The van der Waals surface area contributed by atoms with Gasteiger partial charge in [-0.25, -0.2) is 14.8 Å². The predicted octanol–water partition coefficient (Wildman–Crippen LogP) is 1.87. The standard InChI is InChI=1S/C14H19N3O2S/c1-19-14(18)12-9-8-15-6-5-10(9)16-13(17-12)11-4-2-3-7-20-11/h11,15H,2-8H2,1H3. The van der Waals surface area contributed by atoms with Crippen LogP contribution in [0.25, 0.3) is 0 Å². The Morgan fingerprint density at radius 1 is 1.40 bits per heavy atom. The zero-order valence-electron chi connectivity index (χ0n) is 11.6. The molecule has 1 aromatic rings. The van der Waals surface area contributed by atoms with Crippen molar-refractivity contribution in [1.82, 2.24) is 15.3 Å². The highest BCUT2D eigenvalue weighted by Gasteiger charge is 2.26. The molecule has 1 unspecified atom stereocenters. The third-order valence-corrected chi connectivity index (χ3v) is 5.17. The highest BCUT2D eigenvalue weighted by atomic mass is 32.2. The maximum absolute atomic E-state index is 12.0. The van der Waals surface area contributed by atoms with Gasteiger partial charge >= 0.3 is 5.97 Å². The number of rotatable bonds is 2. The van der Waals surface area contributed by atoms with Crippen LogP contribution >= 0.6 is 11.8 Å². The number of ether oxygens (including phenoxy) is 1. The Bertz CT molecular complexity index is 515. The molecule has 3 heterocycles. The Kier molecular flexibility index (Phi) is 4.21. The van der Waals surface area contributed by atoms with E-state index in [2.05, 4.69) is 10.3 Å². The molecule has 0 radical (unpaired) electrons. The number of esters is 1. The summed E-state index contributed by atoms with van der Waals surface area (Å²) in [4.78, 5) is 21.2. The molecule has 0 aliphatic carbocycles. The first-order valence-corrected chi connectivity index (χ1v) is 8.15. The molecule has 0 aromatic carbocycles. The van der Waals surface area contributed by atoms with Gasteiger partial charge in [0, 0.05) is 25.1 Å². The van der Waals surface area contributed by atoms with Gasteiger partial charge in [0.2, 0.25) is 0 Å². The zero-order valence-corrected chi connectivity index (χ0v) is 12.5. The zero-order chi connectivity index (χ0) is 13.9. The molecule has 2 aliphatic rings. The van der Waals surface area contributed by atoms with Gasteiger partial charge in [0.05, 0.1) is 18.1 Å². The number of fused-ring (bicyclic) bond motifs is 1. The minimum atomic E-state index is -0.352. The largest absolute Gasteiger partial charge is 0.464 e. The Morgan fingerprint density at radius 2 is 2.30 bits per heavy atom. The summed E-state index contributed by atoms with van der Waals surface area (Å²) in [5, 5.41) is 3.59. The molecule has 5 nitrogen and oxygen atoms in total. The fraction of sp³-hybridized carbons (Fsp3) is 0.643. The van der Waals surface area contributed by atoms with E-state index in [4.69, 9.17) is 9.72 Å². The Labute approximate surface area is 122 Å². The van der Waals surface area contributed by atoms with Crippen molar-refractivity contribution in [2.45, 2.75) is 37.5 Å². The Morgan fingerprint density at radius 3 is 3.05 bits per heavy atom. The van der Waals surface area contributed by atoms with Crippen LogP contribution in [-0.4, -0.2) is 35.3 Å².